The van der Waals surface area contributed by atoms with Gasteiger partial charge in [-0.15, -0.1) is 0 Å². The van der Waals surface area contributed by atoms with Crippen LogP contribution in [0.15, 0.2) is 35.3 Å². The second-order valence-corrected chi connectivity index (χ2v) is 7.28. The number of aliphatic imine (C=N–C) groups is 1. The lowest BCUT2D eigenvalue weighted by Gasteiger charge is -2.36. The molecule has 0 atom stereocenters. The Morgan fingerprint density at radius 2 is 1.71 bits per heavy atom. The van der Waals surface area contributed by atoms with Crippen LogP contribution in [-0.4, -0.2) is 78.3 Å². The molecule has 7 heteroatoms. The SMILES string of the molecule is CCNC(=NCCN1C(=O)CCCC1=O)N1CCN(Cc2ccccc2)CC1. The third-order valence-electron chi connectivity index (χ3n) is 5.22. The fraction of sp³-hybridized carbons (Fsp3) is 0.571. The molecule has 7 nitrogen and oxygen atoms in total. The summed E-state index contributed by atoms with van der Waals surface area (Å²) in [6.45, 7) is 8.46. The first-order chi connectivity index (χ1) is 13.7. The lowest BCUT2D eigenvalue weighted by atomic mass is 10.1. The van der Waals surface area contributed by atoms with Crippen LogP contribution in [0.25, 0.3) is 0 Å². The number of carbonyl (C=O) groups is 2. The zero-order chi connectivity index (χ0) is 19.8. The van der Waals surface area contributed by atoms with Crippen LogP contribution in [0.2, 0.25) is 0 Å². The van der Waals surface area contributed by atoms with E-state index in [4.69, 9.17) is 0 Å². The molecule has 1 aromatic carbocycles. The standard InChI is InChI=1S/C21H31N5O2/c1-2-22-21(23-11-12-26-19(27)9-6-10-20(26)28)25-15-13-24(14-16-25)17-18-7-4-3-5-8-18/h3-5,7-8H,2,6,9-17H2,1H3,(H,22,23). The summed E-state index contributed by atoms with van der Waals surface area (Å²) in [6.07, 6.45) is 1.62. The van der Waals surface area contributed by atoms with Crippen molar-refractivity contribution in [2.75, 3.05) is 45.8 Å². The van der Waals surface area contributed by atoms with E-state index in [2.05, 4.69) is 51.3 Å². The summed E-state index contributed by atoms with van der Waals surface area (Å²) in [5, 5.41) is 3.35. The van der Waals surface area contributed by atoms with Crippen LogP contribution in [0.1, 0.15) is 31.7 Å². The molecule has 2 amide bonds. The molecule has 2 saturated heterocycles. The number of nitrogens with zero attached hydrogens (tertiary/aromatic N) is 4. The summed E-state index contributed by atoms with van der Waals surface area (Å²) in [6, 6.07) is 10.5. The number of rotatable bonds is 6. The Morgan fingerprint density at radius 1 is 1.04 bits per heavy atom. The quantitative estimate of drug-likeness (QED) is 0.454. The van der Waals surface area contributed by atoms with Crippen molar-refractivity contribution < 1.29 is 9.59 Å². The second-order valence-electron chi connectivity index (χ2n) is 7.28. The van der Waals surface area contributed by atoms with E-state index in [0.717, 1.165) is 45.2 Å². The number of likely N-dealkylation sites (tertiary alicyclic amines) is 1. The van der Waals surface area contributed by atoms with Crippen molar-refractivity contribution in [2.24, 2.45) is 4.99 Å². The Labute approximate surface area is 167 Å². The predicted octanol–water partition coefficient (Wildman–Crippen LogP) is 1.31. The highest BCUT2D eigenvalue weighted by molar-refractivity contribution is 5.97. The normalized spacial score (nSPS) is 19.2. The number of piperidine rings is 1. The maximum absolute atomic E-state index is 11.9. The average Bonchev–Trinajstić information content (AvgIpc) is 2.71. The van der Waals surface area contributed by atoms with Gasteiger partial charge in [0.15, 0.2) is 5.96 Å². The largest absolute Gasteiger partial charge is 0.357 e. The van der Waals surface area contributed by atoms with Gasteiger partial charge >= 0.3 is 0 Å². The van der Waals surface area contributed by atoms with E-state index in [0.29, 0.717) is 32.4 Å². The Morgan fingerprint density at radius 3 is 2.36 bits per heavy atom. The molecule has 152 valence electrons. The number of hydrogen-bond acceptors (Lipinski definition) is 4. The van der Waals surface area contributed by atoms with Crippen LogP contribution in [0.3, 0.4) is 0 Å². The highest BCUT2D eigenvalue weighted by Crippen LogP contribution is 2.12. The van der Waals surface area contributed by atoms with Gasteiger partial charge in [-0.2, -0.15) is 0 Å². The van der Waals surface area contributed by atoms with Gasteiger partial charge in [0.05, 0.1) is 6.54 Å². The molecule has 0 bridgehead atoms. The Bertz CT molecular complexity index is 667. The van der Waals surface area contributed by atoms with Crippen LogP contribution in [0.5, 0.6) is 0 Å². The molecule has 0 radical (unpaired) electrons. The van der Waals surface area contributed by atoms with Gasteiger partial charge in [0.2, 0.25) is 11.8 Å². The average molecular weight is 386 g/mol. The summed E-state index contributed by atoms with van der Waals surface area (Å²) in [7, 11) is 0. The van der Waals surface area contributed by atoms with Crippen LogP contribution >= 0.6 is 0 Å². The summed E-state index contributed by atoms with van der Waals surface area (Å²) < 4.78 is 0. The Kier molecular flexibility index (Phi) is 7.42. The molecule has 2 fully saturated rings. The molecular weight excluding hydrogens is 354 g/mol. The fourth-order valence-corrected chi connectivity index (χ4v) is 3.69. The van der Waals surface area contributed by atoms with Crippen molar-refractivity contribution in [3.63, 3.8) is 0 Å². The third-order valence-corrected chi connectivity index (χ3v) is 5.22. The number of amides is 2. The number of benzene rings is 1. The van der Waals surface area contributed by atoms with Gasteiger partial charge in [0, 0.05) is 58.7 Å². The molecule has 0 unspecified atom stereocenters. The number of guanidine groups is 1. The van der Waals surface area contributed by atoms with Crippen molar-refractivity contribution >= 4 is 17.8 Å². The van der Waals surface area contributed by atoms with Gasteiger partial charge in [0.25, 0.3) is 0 Å². The highest BCUT2D eigenvalue weighted by atomic mass is 16.2. The van der Waals surface area contributed by atoms with E-state index in [9.17, 15) is 9.59 Å². The third kappa shape index (κ3) is 5.55. The van der Waals surface area contributed by atoms with Gasteiger partial charge in [-0.1, -0.05) is 30.3 Å². The number of nitrogens with one attached hydrogen (secondary N) is 1. The molecule has 28 heavy (non-hydrogen) atoms. The molecular formula is C21H31N5O2. The molecule has 0 spiro atoms. The molecule has 0 aliphatic carbocycles. The zero-order valence-electron chi connectivity index (χ0n) is 16.8. The summed E-state index contributed by atoms with van der Waals surface area (Å²) in [5.41, 5.74) is 1.34. The minimum Gasteiger partial charge on any atom is -0.357 e. The van der Waals surface area contributed by atoms with Crippen LogP contribution in [0.4, 0.5) is 0 Å². The van der Waals surface area contributed by atoms with Gasteiger partial charge < -0.3 is 10.2 Å². The molecule has 2 aliphatic heterocycles. The monoisotopic (exact) mass is 385 g/mol. The van der Waals surface area contributed by atoms with Gasteiger partial charge in [-0.3, -0.25) is 24.4 Å². The first-order valence-electron chi connectivity index (χ1n) is 10.3. The molecule has 0 saturated carbocycles. The van der Waals surface area contributed by atoms with E-state index in [-0.39, 0.29) is 11.8 Å². The Balaban J connectivity index is 1.50. The molecule has 2 heterocycles. The highest BCUT2D eigenvalue weighted by Gasteiger charge is 2.25. The lowest BCUT2D eigenvalue weighted by Crippen LogP contribution is -2.52. The maximum Gasteiger partial charge on any atom is 0.229 e. The van der Waals surface area contributed by atoms with Gasteiger partial charge in [-0.05, 0) is 18.9 Å². The van der Waals surface area contributed by atoms with Crippen LogP contribution in [-0.2, 0) is 16.1 Å². The van der Waals surface area contributed by atoms with Crippen molar-refractivity contribution in [1.82, 2.24) is 20.0 Å². The van der Waals surface area contributed by atoms with E-state index < -0.39 is 0 Å². The molecule has 0 aromatic heterocycles. The number of carbonyl (C=O) groups excluding carboxylic acids is 2. The molecule has 3 rings (SSSR count). The smallest absolute Gasteiger partial charge is 0.229 e. The Hall–Kier alpha value is -2.41. The van der Waals surface area contributed by atoms with Crippen molar-refractivity contribution in [2.45, 2.75) is 32.7 Å². The number of hydrogen-bond donors (Lipinski definition) is 1. The minimum atomic E-state index is -0.0639. The number of imide groups is 1. The van der Waals surface area contributed by atoms with Crippen molar-refractivity contribution in [1.29, 1.82) is 0 Å². The minimum absolute atomic E-state index is 0.0639. The van der Waals surface area contributed by atoms with Crippen LogP contribution in [0, 0.1) is 0 Å². The van der Waals surface area contributed by atoms with Gasteiger partial charge in [0.1, 0.15) is 0 Å². The lowest BCUT2D eigenvalue weighted by molar-refractivity contribution is -0.147. The fourth-order valence-electron chi connectivity index (χ4n) is 3.69. The first-order valence-corrected chi connectivity index (χ1v) is 10.3. The summed E-state index contributed by atoms with van der Waals surface area (Å²) in [4.78, 5) is 34.6. The summed E-state index contributed by atoms with van der Waals surface area (Å²) >= 11 is 0. The molecule has 1 aromatic rings. The number of piperazine rings is 1. The van der Waals surface area contributed by atoms with E-state index in [1.54, 1.807) is 0 Å². The molecule has 2 aliphatic rings. The van der Waals surface area contributed by atoms with E-state index in [1.807, 2.05) is 6.07 Å². The van der Waals surface area contributed by atoms with E-state index >= 15 is 0 Å². The summed E-state index contributed by atoms with van der Waals surface area (Å²) in [5.74, 6) is 0.746. The predicted molar refractivity (Wildman–Crippen MR) is 110 cm³/mol. The van der Waals surface area contributed by atoms with Gasteiger partial charge in [-0.25, -0.2) is 0 Å². The van der Waals surface area contributed by atoms with E-state index in [1.165, 1.54) is 10.5 Å². The van der Waals surface area contributed by atoms with Crippen molar-refractivity contribution in [3.05, 3.63) is 35.9 Å². The first kappa shape index (κ1) is 20.3. The van der Waals surface area contributed by atoms with Crippen LogP contribution < -0.4 is 5.32 Å². The second kappa shape index (κ2) is 10.2. The van der Waals surface area contributed by atoms with Crippen molar-refractivity contribution in [3.8, 4) is 0 Å². The maximum atomic E-state index is 11.9. The topological polar surface area (TPSA) is 68.2 Å². The zero-order valence-corrected chi connectivity index (χ0v) is 16.8. The molecule has 1 N–H and O–H groups in total.